The van der Waals surface area contributed by atoms with Gasteiger partial charge in [0.15, 0.2) is 5.16 Å². The molecule has 3 N–H and O–H groups in total. The second-order valence-electron chi connectivity index (χ2n) is 4.15. The molecular weight excluding hydrogens is 298 g/mol. The molecule has 1 aromatic heterocycles. The van der Waals surface area contributed by atoms with Crippen LogP contribution in [0.2, 0.25) is 5.02 Å². The zero-order chi connectivity index (χ0) is 14.7. The fraction of sp³-hybridized carbons (Fsp3) is 0.250. The summed E-state index contributed by atoms with van der Waals surface area (Å²) in [6, 6.07) is 4.98. The van der Waals surface area contributed by atoms with Gasteiger partial charge in [0.25, 0.3) is 0 Å². The smallest absolute Gasteiger partial charge is 0.237 e. The molecule has 0 radical (unpaired) electrons. The number of carbonyl (C=O) groups is 1. The number of nitrogens with one attached hydrogen (secondary N) is 1. The van der Waals surface area contributed by atoms with E-state index in [4.69, 9.17) is 17.3 Å². The molecule has 1 unspecified atom stereocenters. The predicted octanol–water partition coefficient (Wildman–Crippen LogP) is 2.17. The molecule has 0 spiro atoms. The summed E-state index contributed by atoms with van der Waals surface area (Å²) >= 11 is 7.16. The van der Waals surface area contributed by atoms with Crippen molar-refractivity contribution in [2.24, 2.45) is 7.05 Å². The fourth-order valence-electron chi connectivity index (χ4n) is 1.47. The predicted molar refractivity (Wildman–Crippen MR) is 80.8 cm³/mol. The molecule has 0 saturated heterocycles. The fourth-order valence-corrected chi connectivity index (χ4v) is 2.38. The van der Waals surface area contributed by atoms with E-state index in [1.807, 2.05) is 0 Å². The van der Waals surface area contributed by atoms with Crippen LogP contribution in [0.3, 0.4) is 0 Å². The van der Waals surface area contributed by atoms with Crippen LogP contribution < -0.4 is 11.1 Å². The van der Waals surface area contributed by atoms with Crippen molar-refractivity contribution in [3.8, 4) is 0 Å². The van der Waals surface area contributed by atoms with E-state index in [2.05, 4.69) is 15.4 Å². The molecule has 0 bridgehead atoms. The first kappa shape index (κ1) is 14.7. The van der Waals surface area contributed by atoms with Gasteiger partial charge in [-0.15, -0.1) is 0 Å². The number of carbonyl (C=O) groups excluding carboxylic acids is 1. The minimum Gasteiger partial charge on any atom is -0.397 e. The van der Waals surface area contributed by atoms with Crippen molar-refractivity contribution in [3.05, 3.63) is 29.5 Å². The monoisotopic (exact) mass is 311 g/mol. The van der Waals surface area contributed by atoms with E-state index in [1.165, 1.54) is 18.1 Å². The molecule has 1 amide bonds. The molecule has 2 rings (SSSR count). The van der Waals surface area contributed by atoms with Gasteiger partial charge in [0.05, 0.1) is 16.0 Å². The number of aryl methyl sites for hydroxylation is 1. The molecule has 0 aliphatic carbocycles. The Kier molecular flexibility index (Phi) is 4.51. The summed E-state index contributed by atoms with van der Waals surface area (Å²) in [5.74, 6) is -0.139. The molecule has 106 valence electrons. The third-order valence-corrected chi connectivity index (χ3v) is 4.08. The van der Waals surface area contributed by atoms with E-state index in [1.54, 1.807) is 36.9 Å². The molecule has 0 aliphatic heterocycles. The Bertz CT molecular complexity index is 630. The molecule has 0 fully saturated rings. The van der Waals surface area contributed by atoms with Gasteiger partial charge < -0.3 is 11.1 Å². The first-order valence-corrected chi connectivity index (χ1v) is 7.09. The number of hydrogen-bond donors (Lipinski definition) is 2. The number of benzene rings is 1. The van der Waals surface area contributed by atoms with Crippen LogP contribution in [-0.2, 0) is 11.8 Å². The Morgan fingerprint density at radius 3 is 2.90 bits per heavy atom. The number of halogens is 1. The average molecular weight is 312 g/mol. The lowest BCUT2D eigenvalue weighted by Crippen LogP contribution is -2.22. The molecule has 8 heteroatoms. The van der Waals surface area contributed by atoms with E-state index in [0.29, 0.717) is 21.6 Å². The van der Waals surface area contributed by atoms with Crippen molar-refractivity contribution in [1.82, 2.24) is 14.8 Å². The average Bonchev–Trinajstić information content (AvgIpc) is 2.79. The zero-order valence-corrected chi connectivity index (χ0v) is 12.6. The van der Waals surface area contributed by atoms with Crippen LogP contribution in [0.5, 0.6) is 0 Å². The van der Waals surface area contributed by atoms with Crippen LogP contribution >= 0.6 is 23.4 Å². The molecule has 20 heavy (non-hydrogen) atoms. The minimum absolute atomic E-state index is 0.139. The first-order chi connectivity index (χ1) is 9.47. The zero-order valence-electron chi connectivity index (χ0n) is 11.0. The summed E-state index contributed by atoms with van der Waals surface area (Å²) in [5, 5.41) is 7.58. The van der Waals surface area contributed by atoms with Gasteiger partial charge in [0.2, 0.25) is 5.91 Å². The summed E-state index contributed by atoms with van der Waals surface area (Å²) in [6.07, 6.45) is 1.45. The third kappa shape index (κ3) is 3.43. The van der Waals surface area contributed by atoms with Crippen molar-refractivity contribution in [1.29, 1.82) is 0 Å². The van der Waals surface area contributed by atoms with Gasteiger partial charge in [-0.1, -0.05) is 23.4 Å². The first-order valence-electron chi connectivity index (χ1n) is 5.84. The van der Waals surface area contributed by atoms with Crippen LogP contribution in [0.4, 0.5) is 11.4 Å². The van der Waals surface area contributed by atoms with Gasteiger partial charge in [-0.2, -0.15) is 5.10 Å². The third-order valence-electron chi connectivity index (χ3n) is 2.58. The number of nitrogens with two attached hydrogens (primary N) is 1. The number of amides is 1. The summed E-state index contributed by atoms with van der Waals surface area (Å²) in [7, 11) is 1.78. The summed E-state index contributed by atoms with van der Waals surface area (Å²) < 4.78 is 1.62. The van der Waals surface area contributed by atoms with Crippen LogP contribution in [0.25, 0.3) is 0 Å². The minimum atomic E-state index is -0.310. The van der Waals surface area contributed by atoms with Crippen LogP contribution in [-0.4, -0.2) is 25.9 Å². The molecule has 1 atom stereocenters. The van der Waals surface area contributed by atoms with E-state index in [9.17, 15) is 4.79 Å². The number of thioether (sulfide) groups is 1. The molecule has 0 aliphatic rings. The molecule has 2 aromatic rings. The maximum absolute atomic E-state index is 12.1. The standard InChI is InChI=1S/C12H14ClN5OS/c1-7(20-12-15-6-16-18(12)2)11(19)17-8-3-4-9(13)10(14)5-8/h3-7H,14H2,1-2H3,(H,17,19). The Morgan fingerprint density at radius 2 is 2.30 bits per heavy atom. The summed E-state index contributed by atoms with van der Waals surface area (Å²) in [4.78, 5) is 16.2. The Labute approximate surface area is 125 Å². The van der Waals surface area contributed by atoms with Gasteiger partial charge in [-0.05, 0) is 25.1 Å². The quantitative estimate of drug-likeness (QED) is 0.667. The van der Waals surface area contributed by atoms with Gasteiger partial charge in [-0.25, -0.2) is 9.67 Å². The second-order valence-corrected chi connectivity index (χ2v) is 5.87. The van der Waals surface area contributed by atoms with Crippen molar-refractivity contribution in [2.75, 3.05) is 11.1 Å². The molecule has 1 heterocycles. The lowest BCUT2D eigenvalue weighted by Gasteiger charge is -2.12. The largest absolute Gasteiger partial charge is 0.397 e. The highest BCUT2D eigenvalue weighted by Crippen LogP contribution is 2.24. The highest BCUT2D eigenvalue weighted by Gasteiger charge is 2.17. The van der Waals surface area contributed by atoms with Crippen LogP contribution in [0.15, 0.2) is 29.7 Å². The number of nitrogen functional groups attached to an aromatic ring is 1. The van der Waals surface area contributed by atoms with Crippen molar-refractivity contribution in [3.63, 3.8) is 0 Å². The SMILES string of the molecule is CC(Sc1ncnn1C)C(=O)Nc1ccc(Cl)c(N)c1. The molecule has 1 aromatic carbocycles. The van der Waals surface area contributed by atoms with Crippen molar-refractivity contribution >= 4 is 40.6 Å². The number of aromatic nitrogens is 3. The van der Waals surface area contributed by atoms with Crippen LogP contribution in [0, 0.1) is 0 Å². The van der Waals surface area contributed by atoms with E-state index in [0.717, 1.165) is 0 Å². The summed E-state index contributed by atoms with van der Waals surface area (Å²) in [5.41, 5.74) is 6.73. The highest BCUT2D eigenvalue weighted by atomic mass is 35.5. The Balaban J connectivity index is 2.00. The highest BCUT2D eigenvalue weighted by molar-refractivity contribution is 8.00. The van der Waals surface area contributed by atoms with Crippen molar-refractivity contribution < 1.29 is 4.79 Å². The van der Waals surface area contributed by atoms with Gasteiger partial charge in [-0.3, -0.25) is 4.79 Å². The molecule has 6 nitrogen and oxygen atoms in total. The van der Waals surface area contributed by atoms with Gasteiger partial charge in [0.1, 0.15) is 6.33 Å². The maximum Gasteiger partial charge on any atom is 0.237 e. The topological polar surface area (TPSA) is 85.8 Å². The summed E-state index contributed by atoms with van der Waals surface area (Å²) in [6.45, 7) is 1.80. The lowest BCUT2D eigenvalue weighted by atomic mass is 10.2. The van der Waals surface area contributed by atoms with Crippen LogP contribution in [0.1, 0.15) is 6.92 Å². The van der Waals surface area contributed by atoms with E-state index < -0.39 is 0 Å². The number of nitrogens with zero attached hydrogens (tertiary/aromatic N) is 3. The number of rotatable bonds is 4. The Hall–Kier alpha value is -1.73. The molecule has 0 saturated carbocycles. The number of hydrogen-bond acceptors (Lipinski definition) is 5. The van der Waals surface area contributed by atoms with Gasteiger partial charge >= 0.3 is 0 Å². The molecular formula is C12H14ClN5OS. The van der Waals surface area contributed by atoms with E-state index >= 15 is 0 Å². The Morgan fingerprint density at radius 1 is 1.55 bits per heavy atom. The van der Waals surface area contributed by atoms with Crippen molar-refractivity contribution in [2.45, 2.75) is 17.3 Å². The van der Waals surface area contributed by atoms with Gasteiger partial charge in [0, 0.05) is 12.7 Å². The lowest BCUT2D eigenvalue weighted by molar-refractivity contribution is -0.115. The normalized spacial score (nSPS) is 12.2. The number of anilines is 2. The van der Waals surface area contributed by atoms with E-state index in [-0.39, 0.29) is 11.2 Å². The second kappa shape index (κ2) is 6.15. The maximum atomic E-state index is 12.1.